The van der Waals surface area contributed by atoms with Gasteiger partial charge in [-0.15, -0.1) is 0 Å². The van der Waals surface area contributed by atoms with Gasteiger partial charge in [0, 0.05) is 12.6 Å². The van der Waals surface area contributed by atoms with Crippen molar-refractivity contribution in [3.63, 3.8) is 0 Å². The third-order valence-corrected chi connectivity index (χ3v) is 4.10. The summed E-state index contributed by atoms with van der Waals surface area (Å²) in [5.74, 6) is 1.03. The van der Waals surface area contributed by atoms with E-state index >= 15 is 0 Å². The van der Waals surface area contributed by atoms with Crippen molar-refractivity contribution in [1.29, 1.82) is 0 Å². The fourth-order valence-corrected chi connectivity index (χ4v) is 3.29. The highest BCUT2D eigenvalue weighted by Gasteiger charge is 2.36. The number of amides is 1. The minimum Gasteiger partial charge on any atom is -0.338 e. The largest absolute Gasteiger partial charge is 0.338 e. The molecular weight excluding hydrogens is 206 g/mol. The molecule has 0 bridgehead atoms. The van der Waals surface area contributed by atoms with Crippen LogP contribution < -0.4 is 0 Å². The smallest absolute Gasteiger partial charge is 0.235 e. The Morgan fingerprint density at radius 2 is 1.93 bits per heavy atom. The Morgan fingerprint density at radius 3 is 2.67 bits per heavy atom. The molecule has 1 heterocycles. The van der Waals surface area contributed by atoms with Crippen LogP contribution in [0.3, 0.4) is 0 Å². The maximum atomic E-state index is 12.0. The molecule has 0 radical (unpaired) electrons. The van der Waals surface area contributed by atoms with Gasteiger partial charge in [-0.05, 0) is 38.5 Å². The molecule has 0 aromatic carbocycles. The molecule has 15 heavy (non-hydrogen) atoms. The van der Waals surface area contributed by atoms with Gasteiger partial charge in [0.05, 0.1) is 5.25 Å². The minimum atomic E-state index is -0.134. The summed E-state index contributed by atoms with van der Waals surface area (Å²) in [5, 5.41) is -0.134. The quantitative estimate of drug-likeness (QED) is 0.682. The van der Waals surface area contributed by atoms with E-state index in [9.17, 15) is 4.79 Å². The molecule has 0 N–H and O–H groups in total. The molecular formula is C12H21NOS. The molecule has 1 aliphatic carbocycles. The van der Waals surface area contributed by atoms with E-state index in [4.69, 9.17) is 0 Å². The van der Waals surface area contributed by atoms with Crippen molar-refractivity contribution in [1.82, 2.24) is 4.90 Å². The van der Waals surface area contributed by atoms with Crippen LogP contribution in [0.5, 0.6) is 0 Å². The van der Waals surface area contributed by atoms with Crippen molar-refractivity contribution in [2.24, 2.45) is 5.92 Å². The fourth-order valence-electron chi connectivity index (χ4n) is 3.14. The SMILES string of the molecule is CC(S)C(=O)N1CCC[C@H]2CCCC[C@H]21. The fraction of sp³-hybridized carbons (Fsp3) is 0.917. The number of thiol groups is 1. The topological polar surface area (TPSA) is 20.3 Å². The average molecular weight is 227 g/mol. The summed E-state index contributed by atoms with van der Waals surface area (Å²) >= 11 is 4.27. The number of fused-ring (bicyclic) bond motifs is 1. The number of hydrogen-bond acceptors (Lipinski definition) is 2. The number of nitrogens with zero attached hydrogens (tertiary/aromatic N) is 1. The van der Waals surface area contributed by atoms with Crippen molar-refractivity contribution < 1.29 is 4.79 Å². The summed E-state index contributed by atoms with van der Waals surface area (Å²) in [7, 11) is 0. The van der Waals surface area contributed by atoms with E-state index in [2.05, 4.69) is 17.5 Å². The maximum Gasteiger partial charge on any atom is 0.235 e. The van der Waals surface area contributed by atoms with Crippen molar-refractivity contribution >= 4 is 18.5 Å². The molecule has 0 aromatic rings. The number of piperidine rings is 1. The molecule has 0 aromatic heterocycles. The Kier molecular flexibility index (Phi) is 3.60. The van der Waals surface area contributed by atoms with Gasteiger partial charge >= 0.3 is 0 Å². The van der Waals surface area contributed by atoms with Gasteiger partial charge in [0.1, 0.15) is 0 Å². The second-order valence-electron chi connectivity index (χ2n) is 4.96. The Balaban J connectivity index is 2.06. The average Bonchev–Trinajstić information content (AvgIpc) is 2.27. The Bertz CT molecular complexity index is 240. The number of rotatable bonds is 1. The van der Waals surface area contributed by atoms with Gasteiger partial charge in [-0.1, -0.05) is 12.8 Å². The molecule has 2 fully saturated rings. The van der Waals surface area contributed by atoms with E-state index < -0.39 is 0 Å². The van der Waals surface area contributed by atoms with Gasteiger partial charge in [0.25, 0.3) is 0 Å². The number of likely N-dealkylation sites (tertiary alicyclic amines) is 1. The highest BCUT2D eigenvalue weighted by Crippen LogP contribution is 2.35. The molecule has 1 aliphatic heterocycles. The van der Waals surface area contributed by atoms with E-state index in [1.807, 2.05) is 6.92 Å². The van der Waals surface area contributed by atoms with Gasteiger partial charge in [-0.2, -0.15) is 12.6 Å². The van der Waals surface area contributed by atoms with Crippen LogP contribution in [-0.4, -0.2) is 28.6 Å². The van der Waals surface area contributed by atoms with Crippen LogP contribution in [0, 0.1) is 5.92 Å². The van der Waals surface area contributed by atoms with Crippen LogP contribution in [0.4, 0.5) is 0 Å². The van der Waals surface area contributed by atoms with Crippen LogP contribution in [0.15, 0.2) is 0 Å². The summed E-state index contributed by atoms with van der Waals surface area (Å²) in [6, 6.07) is 0.537. The van der Waals surface area contributed by atoms with E-state index in [1.165, 1.54) is 38.5 Å². The Hall–Kier alpha value is -0.180. The number of hydrogen-bond donors (Lipinski definition) is 1. The summed E-state index contributed by atoms with van der Waals surface area (Å²) < 4.78 is 0. The molecule has 86 valence electrons. The first kappa shape index (κ1) is 11.3. The molecule has 2 aliphatic rings. The first-order chi connectivity index (χ1) is 7.20. The molecule has 3 heteroatoms. The van der Waals surface area contributed by atoms with Crippen LogP contribution in [0.25, 0.3) is 0 Å². The van der Waals surface area contributed by atoms with Crippen molar-refractivity contribution in [2.45, 2.75) is 56.7 Å². The highest BCUT2D eigenvalue weighted by atomic mass is 32.1. The van der Waals surface area contributed by atoms with Gasteiger partial charge < -0.3 is 4.90 Å². The van der Waals surface area contributed by atoms with Gasteiger partial charge in [-0.25, -0.2) is 0 Å². The lowest BCUT2D eigenvalue weighted by atomic mass is 9.78. The summed E-state index contributed by atoms with van der Waals surface area (Å²) in [5.41, 5.74) is 0. The second-order valence-corrected chi connectivity index (χ2v) is 5.74. The molecule has 1 saturated carbocycles. The van der Waals surface area contributed by atoms with Crippen LogP contribution >= 0.6 is 12.6 Å². The Morgan fingerprint density at radius 1 is 1.27 bits per heavy atom. The lowest BCUT2D eigenvalue weighted by molar-refractivity contribution is -0.136. The highest BCUT2D eigenvalue weighted by molar-refractivity contribution is 7.81. The first-order valence-corrected chi connectivity index (χ1v) is 6.70. The van der Waals surface area contributed by atoms with Crippen LogP contribution in [0.2, 0.25) is 0 Å². The van der Waals surface area contributed by atoms with E-state index in [0.29, 0.717) is 6.04 Å². The van der Waals surface area contributed by atoms with Gasteiger partial charge in [-0.3, -0.25) is 4.79 Å². The van der Waals surface area contributed by atoms with Crippen LogP contribution in [-0.2, 0) is 4.79 Å². The summed E-state index contributed by atoms with van der Waals surface area (Å²) in [6.07, 6.45) is 7.72. The van der Waals surface area contributed by atoms with E-state index in [-0.39, 0.29) is 11.2 Å². The number of carbonyl (C=O) groups excluding carboxylic acids is 1. The predicted octanol–water partition coefficient (Wildman–Crippen LogP) is 2.49. The van der Waals surface area contributed by atoms with Crippen molar-refractivity contribution in [3.05, 3.63) is 0 Å². The second kappa shape index (κ2) is 4.77. The van der Waals surface area contributed by atoms with E-state index in [0.717, 1.165) is 12.5 Å². The zero-order chi connectivity index (χ0) is 10.8. The number of carbonyl (C=O) groups is 1. The van der Waals surface area contributed by atoms with Crippen molar-refractivity contribution in [2.75, 3.05) is 6.54 Å². The normalized spacial score (nSPS) is 33.3. The standard InChI is InChI=1S/C12H21NOS/c1-9(15)12(14)13-8-4-6-10-5-2-3-7-11(10)13/h9-11,15H,2-8H2,1H3/t9?,10-,11-/m1/s1. The molecule has 1 amide bonds. The monoisotopic (exact) mass is 227 g/mol. The lowest BCUT2D eigenvalue weighted by Crippen LogP contribution is -2.51. The minimum absolute atomic E-state index is 0.134. The summed E-state index contributed by atoms with van der Waals surface area (Å²) in [4.78, 5) is 14.1. The van der Waals surface area contributed by atoms with Crippen molar-refractivity contribution in [3.8, 4) is 0 Å². The molecule has 0 spiro atoms. The molecule has 3 atom stereocenters. The third-order valence-electron chi connectivity index (χ3n) is 3.88. The maximum absolute atomic E-state index is 12.0. The molecule has 1 unspecified atom stereocenters. The lowest BCUT2D eigenvalue weighted by Gasteiger charge is -2.44. The summed E-state index contributed by atoms with van der Waals surface area (Å²) in [6.45, 7) is 2.85. The van der Waals surface area contributed by atoms with E-state index in [1.54, 1.807) is 0 Å². The van der Waals surface area contributed by atoms with Gasteiger partial charge in [0.2, 0.25) is 5.91 Å². The van der Waals surface area contributed by atoms with Gasteiger partial charge in [0.15, 0.2) is 0 Å². The predicted molar refractivity (Wildman–Crippen MR) is 65.1 cm³/mol. The third kappa shape index (κ3) is 2.32. The first-order valence-electron chi connectivity index (χ1n) is 6.18. The molecule has 1 saturated heterocycles. The van der Waals surface area contributed by atoms with Crippen LogP contribution in [0.1, 0.15) is 45.4 Å². The Labute approximate surface area is 97.8 Å². The molecule has 2 nitrogen and oxygen atoms in total. The zero-order valence-electron chi connectivity index (χ0n) is 9.48. The zero-order valence-corrected chi connectivity index (χ0v) is 10.4. The molecule has 2 rings (SSSR count).